The Bertz CT molecular complexity index is 1170. The molecule has 1 saturated carbocycles. The van der Waals surface area contributed by atoms with Crippen LogP contribution in [0.15, 0.2) is 59.2 Å². The number of benzene rings is 2. The minimum Gasteiger partial charge on any atom is -0.359 e. The maximum absolute atomic E-state index is 13.2. The average molecular weight is 448 g/mol. The van der Waals surface area contributed by atoms with Gasteiger partial charge in [-0.15, -0.1) is 11.3 Å². The van der Waals surface area contributed by atoms with E-state index in [0.717, 1.165) is 34.9 Å². The van der Waals surface area contributed by atoms with E-state index in [1.807, 2.05) is 32.1 Å². The monoisotopic (exact) mass is 447 g/mol. The number of allylic oxidation sites excluding steroid dienone is 2. The van der Waals surface area contributed by atoms with Crippen molar-refractivity contribution in [3.63, 3.8) is 0 Å². The molecule has 1 fully saturated rings. The van der Waals surface area contributed by atoms with E-state index in [0.29, 0.717) is 5.92 Å². The van der Waals surface area contributed by atoms with Gasteiger partial charge in [0.15, 0.2) is 0 Å². The van der Waals surface area contributed by atoms with Crippen molar-refractivity contribution >= 4 is 22.7 Å². The Morgan fingerprint density at radius 2 is 1.84 bits per heavy atom. The molecule has 2 aromatic carbocycles. The summed E-state index contributed by atoms with van der Waals surface area (Å²) in [7, 11) is 2.06. The van der Waals surface area contributed by atoms with Crippen molar-refractivity contribution in [3.05, 3.63) is 81.9 Å². The number of amidine groups is 1. The second-order valence-electron chi connectivity index (χ2n) is 8.67. The van der Waals surface area contributed by atoms with Gasteiger partial charge >= 0.3 is 0 Å². The van der Waals surface area contributed by atoms with E-state index in [-0.39, 0.29) is 5.82 Å². The summed E-state index contributed by atoms with van der Waals surface area (Å²) < 4.78 is 13.2. The molecule has 0 unspecified atom stereocenters. The maximum atomic E-state index is 13.2. The first-order chi connectivity index (χ1) is 15.3. The number of halogens is 1. The van der Waals surface area contributed by atoms with Gasteiger partial charge in [0.05, 0.1) is 15.6 Å². The van der Waals surface area contributed by atoms with Gasteiger partial charge in [-0.1, -0.05) is 30.3 Å². The van der Waals surface area contributed by atoms with Gasteiger partial charge in [0.25, 0.3) is 0 Å². The van der Waals surface area contributed by atoms with Crippen LogP contribution in [-0.4, -0.2) is 22.8 Å². The van der Waals surface area contributed by atoms with Crippen molar-refractivity contribution in [1.82, 2.24) is 9.88 Å². The van der Waals surface area contributed by atoms with E-state index in [2.05, 4.69) is 43.1 Å². The molecule has 1 heterocycles. The molecule has 166 valence electrons. The predicted octanol–water partition coefficient (Wildman–Crippen LogP) is 7.44. The van der Waals surface area contributed by atoms with Crippen LogP contribution < -0.4 is 0 Å². The Morgan fingerprint density at radius 1 is 1.12 bits per heavy atom. The van der Waals surface area contributed by atoms with Gasteiger partial charge in [-0.2, -0.15) is 0 Å². The fraction of sp³-hybridized carbons (Fsp3) is 0.333. The van der Waals surface area contributed by atoms with Crippen LogP contribution in [0.4, 0.5) is 4.39 Å². The van der Waals surface area contributed by atoms with Gasteiger partial charge in [0.1, 0.15) is 11.7 Å². The van der Waals surface area contributed by atoms with Gasteiger partial charge in [0, 0.05) is 25.2 Å². The molecule has 0 bridgehead atoms. The number of nitrogens with zero attached hydrogens (tertiary/aromatic N) is 3. The van der Waals surface area contributed by atoms with Crippen LogP contribution in [0, 0.1) is 12.7 Å². The molecule has 32 heavy (non-hydrogen) atoms. The van der Waals surface area contributed by atoms with Gasteiger partial charge in [-0.05, 0) is 81.0 Å². The number of aromatic nitrogens is 1. The standard InChI is InChI=1S/C27H30FN3S/c1-17(22-11-13-25(28)14-12-22)18(2)29-20(4)31(5)16-21-7-6-8-24(15-21)26-19(3)30-27(32-26)23-9-10-23/h6-8,11-15,23H,9-10,16H2,1-5H3. The fourth-order valence-corrected chi connectivity index (χ4v) is 4.94. The van der Waals surface area contributed by atoms with Crippen LogP contribution in [0.1, 0.15) is 61.4 Å². The molecule has 5 heteroatoms. The van der Waals surface area contributed by atoms with Crippen molar-refractivity contribution in [1.29, 1.82) is 0 Å². The number of thiazole rings is 1. The highest BCUT2D eigenvalue weighted by Gasteiger charge is 2.27. The lowest BCUT2D eigenvalue weighted by atomic mass is 10.1. The molecule has 0 spiro atoms. The molecule has 0 N–H and O–H groups in total. The van der Waals surface area contributed by atoms with Gasteiger partial charge in [0.2, 0.25) is 0 Å². The maximum Gasteiger partial charge on any atom is 0.123 e. The molecule has 0 aliphatic heterocycles. The van der Waals surface area contributed by atoms with E-state index in [9.17, 15) is 4.39 Å². The van der Waals surface area contributed by atoms with Crippen molar-refractivity contribution in [3.8, 4) is 10.4 Å². The lowest BCUT2D eigenvalue weighted by Gasteiger charge is -2.20. The zero-order valence-electron chi connectivity index (χ0n) is 19.4. The molecule has 0 saturated heterocycles. The highest BCUT2D eigenvalue weighted by molar-refractivity contribution is 7.15. The number of rotatable bonds is 6. The normalized spacial score (nSPS) is 15.0. The third kappa shape index (κ3) is 5.16. The summed E-state index contributed by atoms with van der Waals surface area (Å²) in [4.78, 5) is 13.1. The summed E-state index contributed by atoms with van der Waals surface area (Å²) in [5.41, 5.74) is 6.60. The van der Waals surface area contributed by atoms with Gasteiger partial charge in [-0.3, -0.25) is 0 Å². The van der Waals surface area contributed by atoms with Crippen LogP contribution in [0.3, 0.4) is 0 Å². The Hall–Kier alpha value is -2.79. The Kier molecular flexibility index (Phi) is 6.56. The number of aliphatic imine (C=N–C) groups is 1. The number of aryl methyl sites for hydroxylation is 1. The second kappa shape index (κ2) is 9.37. The van der Waals surface area contributed by atoms with Crippen molar-refractivity contribution < 1.29 is 4.39 Å². The van der Waals surface area contributed by atoms with E-state index in [1.54, 1.807) is 12.1 Å². The summed E-state index contributed by atoms with van der Waals surface area (Å²) in [6.45, 7) is 8.95. The lowest BCUT2D eigenvalue weighted by molar-refractivity contribution is 0.497. The molecule has 1 aromatic heterocycles. The molecule has 3 aromatic rings. The summed E-state index contributed by atoms with van der Waals surface area (Å²) >= 11 is 1.85. The third-order valence-corrected chi connectivity index (χ3v) is 7.42. The minimum absolute atomic E-state index is 0.224. The molecular formula is C27H30FN3S. The van der Waals surface area contributed by atoms with E-state index >= 15 is 0 Å². The van der Waals surface area contributed by atoms with Crippen LogP contribution in [0.5, 0.6) is 0 Å². The molecule has 0 atom stereocenters. The second-order valence-corrected chi connectivity index (χ2v) is 9.70. The van der Waals surface area contributed by atoms with E-state index < -0.39 is 0 Å². The summed E-state index contributed by atoms with van der Waals surface area (Å²) in [6, 6.07) is 15.3. The van der Waals surface area contributed by atoms with Gasteiger partial charge < -0.3 is 4.90 Å². The number of hydrogen-bond acceptors (Lipinski definition) is 3. The Morgan fingerprint density at radius 3 is 2.53 bits per heavy atom. The van der Waals surface area contributed by atoms with Crippen LogP contribution in [0.2, 0.25) is 0 Å². The largest absolute Gasteiger partial charge is 0.359 e. The Balaban J connectivity index is 1.49. The summed E-state index contributed by atoms with van der Waals surface area (Å²) in [5, 5.41) is 1.29. The zero-order chi connectivity index (χ0) is 22.8. The quantitative estimate of drug-likeness (QED) is 0.290. The highest BCUT2D eigenvalue weighted by atomic mass is 32.1. The SMILES string of the molecule is CC(=NC(C)=C(C)c1ccc(F)cc1)N(C)Cc1cccc(-c2sc(C3CC3)nc2C)c1. The van der Waals surface area contributed by atoms with Gasteiger partial charge in [-0.25, -0.2) is 14.4 Å². The molecule has 1 aliphatic carbocycles. The highest BCUT2D eigenvalue weighted by Crippen LogP contribution is 2.44. The topological polar surface area (TPSA) is 28.5 Å². The molecule has 0 amide bonds. The molecule has 1 aliphatic rings. The minimum atomic E-state index is -0.224. The van der Waals surface area contributed by atoms with Crippen molar-refractivity contribution in [2.75, 3.05) is 7.05 Å². The molecule has 0 radical (unpaired) electrons. The molecular weight excluding hydrogens is 417 g/mol. The Labute approximate surface area is 194 Å². The van der Waals surface area contributed by atoms with Crippen LogP contribution >= 0.6 is 11.3 Å². The number of hydrogen-bond donors (Lipinski definition) is 0. The van der Waals surface area contributed by atoms with E-state index in [1.165, 1.54) is 46.0 Å². The first-order valence-electron chi connectivity index (χ1n) is 11.1. The van der Waals surface area contributed by atoms with E-state index in [4.69, 9.17) is 9.98 Å². The smallest absolute Gasteiger partial charge is 0.123 e. The van der Waals surface area contributed by atoms with Crippen LogP contribution in [0.25, 0.3) is 16.0 Å². The van der Waals surface area contributed by atoms with Crippen LogP contribution in [-0.2, 0) is 6.54 Å². The third-order valence-electron chi connectivity index (χ3n) is 6.05. The lowest BCUT2D eigenvalue weighted by Crippen LogP contribution is -2.23. The zero-order valence-corrected chi connectivity index (χ0v) is 20.3. The molecule has 4 rings (SSSR count). The summed E-state index contributed by atoms with van der Waals surface area (Å²) in [6.07, 6.45) is 2.56. The summed E-state index contributed by atoms with van der Waals surface area (Å²) in [5.74, 6) is 1.41. The molecule has 3 nitrogen and oxygen atoms in total. The van der Waals surface area contributed by atoms with Crippen molar-refractivity contribution in [2.45, 2.75) is 53.0 Å². The average Bonchev–Trinajstić information content (AvgIpc) is 3.55. The first-order valence-corrected chi connectivity index (χ1v) is 11.9. The first kappa shape index (κ1) is 22.4. The van der Waals surface area contributed by atoms with Crippen molar-refractivity contribution in [2.24, 2.45) is 4.99 Å². The predicted molar refractivity (Wildman–Crippen MR) is 134 cm³/mol. The fourth-order valence-electron chi connectivity index (χ4n) is 3.71.